The quantitative estimate of drug-likeness (QED) is 0.423. The third kappa shape index (κ3) is 3.73. The molecule has 0 radical (unpaired) electrons. The topological polar surface area (TPSA) is 73.1 Å². The van der Waals surface area contributed by atoms with Gasteiger partial charge in [0.05, 0.1) is 13.2 Å². The molecule has 0 N–H and O–H groups in total. The van der Waals surface area contributed by atoms with Crippen LogP contribution in [0.5, 0.6) is 5.75 Å². The van der Waals surface area contributed by atoms with Gasteiger partial charge in [0, 0.05) is 18.5 Å². The monoisotopic (exact) mass is 425 g/mol. The lowest BCUT2D eigenvalue weighted by atomic mass is 9.95. The summed E-state index contributed by atoms with van der Waals surface area (Å²) in [5, 5.41) is 12.7. The molecule has 1 amide bonds. The molecule has 0 bridgehead atoms. The first kappa shape index (κ1) is 19.9. The van der Waals surface area contributed by atoms with E-state index in [0.29, 0.717) is 12.8 Å². The number of ether oxygens (including phenoxy) is 1. The van der Waals surface area contributed by atoms with Crippen LogP contribution in [0, 0.1) is 0 Å². The van der Waals surface area contributed by atoms with Crippen molar-refractivity contribution in [1.82, 2.24) is 20.2 Å². The predicted molar refractivity (Wildman–Crippen MR) is 121 cm³/mol. The van der Waals surface area contributed by atoms with Gasteiger partial charge in [-0.2, -0.15) is 0 Å². The number of nitrogens with zero attached hydrogens (tertiary/aromatic N) is 5. The van der Waals surface area contributed by atoms with Crippen LogP contribution in [-0.2, 0) is 11.2 Å². The number of hydrogen-bond donors (Lipinski definition) is 0. The Kier molecular flexibility index (Phi) is 5.37. The van der Waals surface area contributed by atoms with Crippen LogP contribution in [0.25, 0.3) is 0 Å². The number of amides is 1. The summed E-state index contributed by atoms with van der Waals surface area (Å²) in [5.41, 5.74) is 3.06. The van der Waals surface area contributed by atoms with Crippen molar-refractivity contribution in [2.75, 3.05) is 12.0 Å². The number of rotatable bonds is 7. The number of benzene rings is 3. The second-order valence-corrected chi connectivity index (χ2v) is 7.79. The molecule has 1 aliphatic rings. The van der Waals surface area contributed by atoms with Crippen molar-refractivity contribution in [3.05, 3.63) is 102 Å². The molecule has 1 aliphatic heterocycles. The second-order valence-electron chi connectivity index (χ2n) is 7.79. The molecular formula is C25H23N5O2. The summed E-state index contributed by atoms with van der Waals surface area (Å²) in [5.74, 6) is 1.61. The molecule has 0 aliphatic carbocycles. The first-order valence-corrected chi connectivity index (χ1v) is 10.6. The lowest BCUT2D eigenvalue weighted by Crippen LogP contribution is -2.54. The van der Waals surface area contributed by atoms with Crippen LogP contribution in [0.15, 0.2) is 84.9 Å². The van der Waals surface area contributed by atoms with E-state index in [9.17, 15) is 4.79 Å². The minimum absolute atomic E-state index is 0.00726. The second kappa shape index (κ2) is 8.63. The fraction of sp³-hybridized carbons (Fsp3) is 0.200. The summed E-state index contributed by atoms with van der Waals surface area (Å²) in [4.78, 5) is 14.2. The maximum Gasteiger partial charge on any atom is 0.229 e. The molecule has 1 fully saturated rings. The Morgan fingerprint density at radius 1 is 0.938 bits per heavy atom. The SMILES string of the molecule is COc1ccc(N2C(=O)CC2Cc2nnnn2C(c2ccccc2)c2ccccc2)cc1. The van der Waals surface area contributed by atoms with E-state index in [-0.39, 0.29) is 18.0 Å². The Morgan fingerprint density at radius 2 is 1.56 bits per heavy atom. The molecule has 160 valence electrons. The number of aromatic nitrogens is 4. The molecule has 1 unspecified atom stereocenters. The Morgan fingerprint density at radius 3 is 2.12 bits per heavy atom. The zero-order chi connectivity index (χ0) is 21.9. The molecule has 7 heteroatoms. The molecule has 0 spiro atoms. The van der Waals surface area contributed by atoms with Gasteiger partial charge in [-0.15, -0.1) is 5.10 Å². The summed E-state index contributed by atoms with van der Waals surface area (Å²) in [6.07, 6.45) is 1.04. The molecule has 3 aromatic carbocycles. The number of methoxy groups -OCH3 is 1. The normalized spacial score (nSPS) is 15.6. The van der Waals surface area contributed by atoms with Gasteiger partial charge in [-0.3, -0.25) is 4.79 Å². The van der Waals surface area contributed by atoms with Crippen molar-refractivity contribution >= 4 is 11.6 Å². The molecule has 1 saturated heterocycles. The largest absolute Gasteiger partial charge is 0.497 e. The Balaban J connectivity index is 1.45. The van der Waals surface area contributed by atoms with Crippen LogP contribution in [-0.4, -0.2) is 39.3 Å². The molecule has 2 heterocycles. The summed E-state index contributed by atoms with van der Waals surface area (Å²) in [7, 11) is 1.63. The van der Waals surface area contributed by atoms with Crippen LogP contribution in [0.1, 0.15) is 29.4 Å². The fourth-order valence-corrected chi connectivity index (χ4v) is 4.25. The Hall–Kier alpha value is -4.00. The number of β-lactam (4-membered cyclic amide) rings is 1. The number of carbonyl (C=O) groups excluding carboxylic acids is 1. The van der Waals surface area contributed by atoms with Crippen LogP contribution in [0.3, 0.4) is 0 Å². The van der Waals surface area contributed by atoms with Crippen LogP contribution in [0.4, 0.5) is 5.69 Å². The van der Waals surface area contributed by atoms with Gasteiger partial charge in [-0.25, -0.2) is 4.68 Å². The third-order valence-electron chi connectivity index (χ3n) is 5.85. The van der Waals surface area contributed by atoms with Gasteiger partial charge in [0.15, 0.2) is 5.82 Å². The van der Waals surface area contributed by atoms with Crippen molar-refractivity contribution in [1.29, 1.82) is 0 Å². The lowest BCUT2D eigenvalue weighted by Gasteiger charge is -2.40. The minimum atomic E-state index is -0.146. The van der Waals surface area contributed by atoms with E-state index >= 15 is 0 Å². The number of carbonyl (C=O) groups is 1. The molecule has 7 nitrogen and oxygen atoms in total. The number of anilines is 1. The lowest BCUT2D eigenvalue weighted by molar-refractivity contribution is -0.124. The zero-order valence-electron chi connectivity index (χ0n) is 17.7. The van der Waals surface area contributed by atoms with Gasteiger partial charge in [-0.05, 0) is 45.8 Å². The summed E-state index contributed by atoms with van der Waals surface area (Å²) < 4.78 is 7.11. The van der Waals surface area contributed by atoms with Crippen LogP contribution in [0.2, 0.25) is 0 Å². The molecule has 32 heavy (non-hydrogen) atoms. The summed E-state index contributed by atoms with van der Waals surface area (Å²) in [6, 6.07) is 27.8. The average molecular weight is 425 g/mol. The molecule has 5 rings (SSSR count). The zero-order valence-corrected chi connectivity index (χ0v) is 17.7. The Bertz CT molecular complexity index is 1150. The minimum Gasteiger partial charge on any atom is -0.497 e. The number of hydrogen-bond acceptors (Lipinski definition) is 5. The van der Waals surface area contributed by atoms with Crippen molar-refractivity contribution in [3.63, 3.8) is 0 Å². The summed E-state index contributed by atoms with van der Waals surface area (Å²) in [6.45, 7) is 0. The van der Waals surface area contributed by atoms with Gasteiger partial charge in [0.2, 0.25) is 5.91 Å². The van der Waals surface area contributed by atoms with E-state index in [1.165, 1.54) is 0 Å². The highest BCUT2D eigenvalue weighted by Gasteiger charge is 2.38. The Labute approximate surface area is 186 Å². The van der Waals surface area contributed by atoms with Crippen molar-refractivity contribution < 1.29 is 9.53 Å². The van der Waals surface area contributed by atoms with Gasteiger partial charge in [0.25, 0.3) is 0 Å². The first-order chi connectivity index (χ1) is 15.7. The van der Waals surface area contributed by atoms with Crippen molar-refractivity contribution in [3.8, 4) is 5.75 Å². The van der Waals surface area contributed by atoms with Gasteiger partial charge in [-0.1, -0.05) is 60.7 Å². The molecule has 1 atom stereocenters. The maximum absolute atomic E-state index is 12.4. The maximum atomic E-state index is 12.4. The van der Waals surface area contributed by atoms with E-state index in [0.717, 1.165) is 28.4 Å². The molecule has 4 aromatic rings. The van der Waals surface area contributed by atoms with Crippen molar-refractivity contribution in [2.45, 2.75) is 24.9 Å². The molecule has 1 aromatic heterocycles. The highest BCUT2D eigenvalue weighted by atomic mass is 16.5. The smallest absolute Gasteiger partial charge is 0.229 e. The molecular weight excluding hydrogens is 402 g/mol. The first-order valence-electron chi connectivity index (χ1n) is 10.6. The highest BCUT2D eigenvalue weighted by Crippen LogP contribution is 2.32. The van der Waals surface area contributed by atoms with E-state index in [2.05, 4.69) is 39.8 Å². The molecule has 0 saturated carbocycles. The standard InChI is InChI=1S/C25H23N5O2/c1-32-22-14-12-20(13-15-22)29-21(17-24(29)31)16-23-26-27-28-30(23)25(18-8-4-2-5-9-18)19-10-6-3-7-11-19/h2-15,21,25H,16-17H2,1H3. The van der Waals surface area contributed by atoms with E-state index in [1.54, 1.807) is 7.11 Å². The average Bonchev–Trinajstić information content (AvgIpc) is 3.28. The van der Waals surface area contributed by atoms with E-state index in [1.807, 2.05) is 70.2 Å². The predicted octanol–water partition coefficient (Wildman–Crippen LogP) is 3.67. The highest BCUT2D eigenvalue weighted by molar-refractivity contribution is 6.00. The third-order valence-corrected chi connectivity index (χ3v) is 5.85. The van der Waals surface area contributed by atoms with Gasteiger partial charge < -0.3 is 9.64 Å². The van der Waals surface area contributed by atoms with Gasteiger partial charge in [0.1, 0.15) is 11.8 Å². The fourth-order valence-electron chi connectivity index (χ4n) is 4.25. The van der Waals surface area contributed by atoms with E-state index in [4.69, 9.17) is 4.74 Å². The van der Waals surface area contributed by atoms with E-state index < -0.39 is 0 Å². The van der Waals surface area contributed by atoms with Crippen LogP contribution >= 0.6 is 0 Å². The van der Waals surface area contributed by atoms with Crippen molar-refractivity contribution in [2.24, 2.45) is 0 Å². The van der Waals surface area contributed by atoms with Gasteiger partial charge >= 0.3 is 0 Å². The summed E-state index contributed by atoms with van der Waals surface area (Å²) >= 11 is 0. The number of tetrazole rings is 1. The van der Waals surface area contributed by atoms with Crippen LogP contribution < -0.4 is 9.64 Å².